The Morgan fingerprint density at radius 3 is 2.55 bits per heavy atom. The highest BCUT2D eigenvalue weighted by atomic mass is 16.5. The molecule has 0 amide bonds. The minimum atomic E-state index is -0.801. The monoisotopic (exact) mass is 393 g/mol. The molecular weight excluding hydrogens is 374 g/mol. The number of benzene rings is 2. The number of carbonyl (C=O) groups is 1. The van der Waals surface area contributed by atoms with Gasteiger partial charge in [-0.2, -0.15) is 0 Å². The smallest absolute Gasteiger partial charge is 0.344 e. The van der Waals surface area contributed by atoms with Gasteiger partial charge in [0.05, 0.1) is 30.6 Å². The highest BCUT2D eigenvalue weighted by Gasteiger charge is 2.39. The van der Waals surface area contributed by atoms with E-state index in [9.17, 15) is 9.59 Å². The zero-order valence-corrected chi connectivity index (χ0v) is 15.9. The largest absolute Gasteiger partial charge is 0.497 e. The second-order valence-electron chi connectivity index (χ2n) is 6.44. The average molecular weight is 393 g/mol. The fourth-order valence-electron chi connectivity index (χ4n) is 3.50. The first-order valence-electron chi connectivity index (χ1n) is 9.09. The Labute approximate surface area is 166 Å². The molecule has 1 aliphatic rings. The molecule has 1 atom stereocenters. The van der Waals surface area contributed by atoms with Gasteiger partial charge in [0.2, 0.25) is 5.88 Å². The minimum absolute atomic E-state index is 0.0621. The lowest BCUT2D eigenvalue weighted by molar-refractivity contribution is -0.139. The van der Waals surface area contributed by atoms with Crippen LogP contribution in [0.5, 0.6) is 11.5 Å². The first-order chi connectivity index (χ1) is 14.0. The Kier molecular flexibility index (Phi) is 4.72. The molecule has 0 radical (unpaired) electrons. The van der Waals surface area contributed by atoms with Crippen LogP contribution in [0.2, 0.25) is 0 Å². The van der Waals surface area contributed by atoms with Gasteiger partial charge in [-0.05, 0) is 36.8 Å². The highest BCUT2D eigenvalue weighted by Crippen LogP contribution is 2.44. The van der Waals surface area contributed by atoms with Gasteiger partial charge in [-0.1, -0.05) is 24.3 Å². The van der Waals surface area contributed by atoms with Gasteiger partial charge in [0.15, 0.2) is 5.75 Å². The van der Waals surface area contributed by atoms with Crippen LogP contribution in [0.15, 0.2) is 69.2 Å². The summed E-state index contributed by atoms with van der Waals surface area (Å²) in [5.74, 6) is -0.634. The molecule has 4 rings (SSSR count). The fraction of sp³-hybridized carbons (Fsp3) is 0.182. The van der Waals surface area contributed by atoms with Crippen LogP contribution < -0.4 is 20.8 Å². The topological polar surface area (TPSA) is 101 Å². The van der Waals surface area contributed by atoms with Gasteiger partial charge in [0, 0.05) is 0 Å². The van der Waals surface area contributed by atoms with E-state index >= 15 is 0 Å². The molecule has 3 aromatic rings. The van der Waals surface area contributed by atoms with E-state index in [2.05, 4.69) is 0 Å². The number of carbonyl (C=O) groups excluding carboxylic acids is 1. The summed E-state index contributed by atoms with van der Waals surface area (Å²) < 4.78 is 21.7. The molecule has 2 N–H and O–H groups in total. The summed E-state index contributed by atoms with van der Waals surface area (Å²) in [6, 6.07) is 14.0. The third-order valence-electron chi connectivity index (χ3n) is 4.80. The van der Waals surface area contributed by atoms with Gasteiger partial charge in [-0.25, -0.2) is 9.59 Å². The second kappa shape index (κ2) is 7.35. The van der Waals surface area contributed by atoms with Crippen molar-refractivity contribution in [3.63, 3.8) is 0 Å². The number of methoxy groups -OCH3 is 1. The van der Waals surface area contributed by atoms with Crippen molar-refractivity contribution < 1.29 is 23.4 Å². The van der Waals surface area contributed by atoms with Crippen molar-refractivity contribution in [3.05, 3.63) is 81.5 Å². The third kappa shape index (κ3) is 3.10. The molecule has 0 aliphatic carbocycles. The Bertz CT molecular complexity index is 1180. The lowest BCUT2D eigenvalue weighted by atomic mass is 9.83. The maximum absolute atomic E-state index is 12.9. The molecule has 0 saturated carbocycles. The van der Waals surface area contributed by atoms with E-state index < -0.39 is 17.5 Å². The quantitative estimate of drug-likeness (QED) is 0.537. The van der Waals surface area contributed by atoms with Gasteiger partial charge in [-0.15, -0.1) is 0 Å². The van der Waals surface area contributed by atoms with Crippen LogP contribution in [-0.2, 0) is 9.53 Å². The molecule has 0 spiro atoms. The third-order valence-corrected chi connectivity index (χ3v) is 4.80. The zero-order chi connectivity index (χ0) is 20.5. The summed E-state index contributed by atoms with van der Waals surface area (Å²) >= 11 is 0. The van der Waals surface area contributed by atoms with Crippen molar-refractivity contribution in [3.8, 4) is 11.5 Å². The average Bonchev–Trinajstić information content (AvgIpc) is 2.73. The fourth-order valence-corrected chi connectivity index (χ4v) is 3.50. The molecule has 7 heteroatoms. The summed E-state index contributed by atoms with van der Waals surface area (Å²) in [4.78, 5) is 25.6. The van der Waals surface area contributed by atoms with E-state index in [1.54, 1.807) is 62.6 Å². The summed E-state index contributed by atoms with van der Waals surface area (Å²) in [5.41, 5.74) is 6.84. The molecule has 0 saturated heterocycles. The number of nitrogens with two attached hydrogens (primary N) is 1. The zero-order valence-electron chi connectivity index (χ0n) is 15.9. The maximum Gasteiger partial charge on any atom is 0.344 e. The van der Waals surface area contributed by atoms with Crippen LogP contribution in [0.3, 0.4) is 0 Å². The van der Waals surface area contributed by atoms with Crippen molar-refractivity contribution in [2.24, 2.45) is 5.73 Å². The molecule has 7 nitrogen and oxygen atoms in total. The van der Waals surface area contributed by atoms with Crippen LogP contribution in [0.4, 0.5) is 0 Å². The number of esters is 1. The molecule has 0 bridgehead atoms. The van der Waals surface area contributed by atoms with E-state index in [-0.39, 0.29) is 29.4 Å². The summed E-state index contributed by atoms with van der Waals surface area (Å²) in [7, 11) is 1.56. The number of hydrogen-bond acceptors (Lipinski definition) is 7. The molecule has 2 aromatic carbocycles. The van der Waals surface area contributed by atoms with Gasteiger partial charge in [-0.3, -0.25) is 0 Å². The van der Waals surface area contributed by atoms with Crippen molar-refractivity contribution in [1.29, 1.82) is 0 Å². The summed E-state index contributed by atoms with van der Waals surface area (Å²) in [6.45, 7) is 1.85. The summed E-state index contributed by atoms with van der Waals surface area (Å²) in [5, 5.41) is 0.589. The Balaban J connectivity index is 2.01. The normalized spacial score (nSPS) is 15.6. The number of ether oxygens (including phenoxy) is 3. The standard InChI is InChI=1S/C22H19NO6/c1-3-27-21(24)18-16(12-8-10-13(26-2)11-9-12)17-19(29-20(18)23)14-6-4-5-7-15(14)28-22(17)25/h4-11,16H,3,23H2,1-2H3/t16-/m1/s1. The van der Waals surface area contributed by atoms with Crippen molar-refractivity contribution in [2.45, 2.75) is 12.8 Å². The Morgan fingerprint density at radius 2 is 1.86 bits per heavy atom. The summed E-state index contributed by atoms with van der Waals surface area (Å²) in [6.07, 6.45) is 0. The lowest BCUT2D eigenvalue weighted by Gasteiger charge is -2.28. The Hall–Kier alpha value is -3.74. The van der Waals surface area contributed by atoms with Crippen LogP contribution in [-0.4, -0.2) is 19.7 Å². The molecule has 29 heavy (non-hydrogen) atoms. The molecule has 148 valence electrons. The molecule has 0 unspecified atom stereocenters. The van der Waals surface area contributed by atoms with Crippen LogP contribution in [0.25, 0.3) is 11.0 Å². The first-order valence-corrected chi connectivity index (χ1v) is 9.09. The van der Waals surface area contributed by atoms with E-state index in [0.29, 0.717) is 22.3 Å². The second-order valence-corrected chi connectivity index (χ2v) is 6.44. The van der Waals surface area contributed by atoms with Crippen LogP contribution in [0, 0.1) is 0 Å². The minimum Gasteiger partial charge on any atom is -0.497 e. The van der Waals surface area contributed by atoms with Gasteiger partial charge >= 0.3 is 11.6 Å². The van der Waals surface area contributed by atoms with E-state index in [0.717, 1.165) is 0 Å². The van der Waals surface area contributed by atoms with E-state index in [4.69, 9.17) is 24.4 Å². The predicted molar refractivity (Wildman–Crippen MR) is 106 cm³/mol. The van der Waals surface area contributed by atoms with Gasteiger partial charge < -0.3 is 24.4 Å². The SMILES string of the molecule is CCOC(=O)C1=C(N)Oc2c(c(=O)oc3ccccc23)[C@H]1c1ccc(OC)cc1. The van der Waals surface area contributed by atoms with Crippen LogP contribution in [0.1, 0.15) is 24.0 Å². The van der Waals surface area contributed by atoms with Crippen molar-refractivity contribution in [2.75, 3.05) is 13.7 Å². The van der Waals surface area contributed by atoms with Gasteiger partial charge in [0.1, 0.15) is 16.9 Å². The number of rotatable bonds is 4. The van der Waals surface area contributed by atoms with Crippen molar-refractivity contribution >= 4 is 16.9 Å². The number of para-hydroxylation sites is 1. The highest BCUT2D eigenvalue weighted by molar-refractivity contribution is 5.94. The van der Waals surface area contributed by atoms with Crippen LogP contribution >= 0.6 is 0 Å². The number of fused-ring (bicyclic) bond motifs is 3. The molecule has 1 aromatic heterocycles. The Morgan fingerprint density at radius 1 is 1.14 bits per heavy atom. The van der Waals surface area contributed by atoms with Crippen molar-refractivity contribution in [1.82, 2.24) is 0 Å². The molecular formula is C22H19NO6. The van der Waals surface area contributed by atoms with E-state index in [1.807, 2.05) is 0 Å². The lowest BCUT2D eigenvalue weighted by Crippen LogP contribution is -2.31. The maximum atomic E-state index is 12.9. The predicted octanol–water partition coefficient (Wildman–Crippen LogP) is 3.06. The van der Waals surface area contributed by atoms with E-state index in [1.165, 1.54) is 0 Å². The molecule has 2 heterocycles. The van der Waals surface area contributed by atoms with Gasteiger partial charge in [0.25, 0.3) is 0 Å². The number of hydrogen-bond donors (Lipinski definition) is 1. The molecule has 1 aliphatic heterocycles. The molecule has 0 fully saturated rings. The first kappa shape index (κ1) is 18.6.